The lowest BCUT2D eigenvalue weighted by Gasteiger charge is -2.39. The molecule has 0 aliphatic carbocycles. The summed E-state index contributed by atoms with van der Waals surface area (Å²) in [6.45, 7) is 1.50. The third-order valence-corrected chi connectivity index (χ3v) is 6.08. The van der Waals surface area contributed by atoms with Gasteiger partial charge in [0.05, 0.1) is 4.88 Å². The fourth-order valence-electron chi connectivity index (χ4n) is 3.89. The topological polar surface area (TPSA) is 85.1 Å². The maximum atomic E-state index is 12.1. The number of fused-ring (bicyclic) bond motifs is 3. The van der Waals surface area contributed by atoms with Gasteiger partial charge in [-0.15, -0.1) is 11.3 Å². The minimum Gasteiger partial charge on any atom is -0.403 e. The SMILES string of the molecule is O=C1C=CC(=O)OC2(CN(c3cc(-c4cccs4)no3)C3CCN2CC3)O1. The molecule has 2 aromatic heterocycles. The van der Waals surface area contributed by atoms with Gasteiger partial charge >= 0.3 is 17.8 Å². The Morgan fingerprint density at radius 3 is 2.56 bits per heavy atom. The highest BCUT2D eigenvalue weighted by atomic mass is 32.1. The molecule has 6 heterocycles. The second kappa shape index (κ2) is 6.21. The maximum Gasteiger partial charge on any atom is 0.339 e. The number of aromatic nitrogens is 1. The zero-order chi connectivity index (χ0) is 18.4. The van der Waals surface area contributed by atoms with E-state index in [0.717, 1.165) is 35.6 Å². The molecule has 0 aromatic carbocycles. The molecule has 0 saturated carbocycles. The number of anilines is 1. The summed E-state index contributed by atoms with van der Waals surface area (Å²) in [5.74, 6) is -2.07. The van der Waals surface area contributed by atoms with Gasteiger partial charge < -0.3 is 18.9 Å². The van der Waals surface area contributed by atoms with Crippen molar-refractivity contribution in [3.63, 3.8) is 0 Å². The van der Waals surface area contributed by atoms with Gasteiger partial charge in [-0.1, -0.05) is 11.2 Å². The second-order valence-electron chi connectivity index (χ2n) is 6.76. The van der Waals surface area contributed by atoms with Crippen LogP contribution >= 0.6 is 11.3 Å². The summed E-state index contributed by atoms with van der Waals surface area (Å²) in [7, 11) is 0. The van der Waals surface area contributed by atoms with Gasteiger partial charge in [0.15, 0.2) is 0 Å². The molecule has 27 heavy (non-hydrogen) atoms. The van der Waals surface area contributed by atoms with Gasteiger partial charge in [0.1, 0.15) is 12.2 Å². The van der Waals surface area contributed by atoms with Gasteiger partial charge in [0.2, 0.25) is 5.88 Å². The molecule has 1 spiro atoms. The summed E-state index contributed by atoms with van der Waals surface area (Å²) < 4.78 is 16.8. The molecule has 4 aliphatic heterocycles. The van der Waals surface area contributed by atoms with E-state index in [1.54, 1.807) is 11.3 Å². The maximum absolute atomic E-state index is 12.1. The number of thiophene rings is 1. The lowest BCUT2D eigenvalue weighted by atomic mass is 10.1. The van der Waals surface area contributed by atoms with Crippen molar-refractivity contribution >= 4 is 29.2 Å². The van der Waals surface area contributed by atoms with E-state index in [2.05, 4.69) is 5.16 Å². The van der Waals surface area contributed by atoms with Crippen molar-refractivity contribution in [3.05, 3.63) is 35.7 Å². The monoisotopic (exact) mass is 387 g/mol. The number of carbonyl (C=O) groups excluding carboxylic acids is 2. The lowest BCUT2D eigenvalue weighted by molar-refractivity contribution is -0.274. The van der Waals surface area contributed by atoms with Crippen LogP contribution in [0, 0.1) is 0 Å². The molecular weight excluding hydrogens is 370 g/mol. The van der Waals surface area contributed by atoms with Crippen molar-refractivity contribution in [2.24, 2.45) is 0 Å². The zero-order valence-electron chi connectivity index (χ0n) is 14.4. The van der Waals surface area contributed by atoms with Gasteiger partial charge in [-0.25, -0.2) is 14.5 Å². The fourth-order valence-corrected chi connectivity index (χ4v) is 4.57. The molecule has 0 N–H and O–H groups in total. The molecule has 8 nitrogen and oxygen atoms in total. The molecule has 0 radical (unpaired) electrons. The van der Waals surface area contributed by atoms with E-state index >= 15 is 0 Å². The fraction of sp³-hybridized carbons (Fsp3) is 0.389. The molecule has 0 atom stereocenters. The lowest BCUT2D eigenvalue weighted by Crippen LogP contribution is -2.58. The summed E-state index contributed by atoms with van der Waals surface area (Å²) >= 11 is 1.58. The van der Waals surface area contributed by atoms with Crippen LogP contribution < -0.4 is 4.90 Å². The first kappa shape index (κ1) is 16.5. The van der Waals surface area contributed by atoms with Gasteiger partial charge in [0, 0.05) is 37.3 Å². The molecule has 3 saturated heterocycles. The van der Waals surface area contributed by atoms with Crippen molar-refractivity contribution in [3.8, 4) is 10.6 Å². The number of rotatable bonds is 2. The van der Waals surface area contributed by atoms with E-state index < -0.39 is 17.8 Å². The number of piperidine rings is 1. The van der Waals surface area contributed by atoms with Crippen molar-refractivity contribution in [1.29, 1.82) is 0 Å². The normalized spacial score (nSPS) is 26.6. The van der Waals surface area contributed by atoms with E-state index in [4.69, 9.17) is 14.0 Å². The van der Waals surface area contributed by atoms with Gasteiger partial charge in [-0.2, -0.15) is 0 Å². The van der Waals surface area contributed by atoms with Crippen LogP contribution in [0.2, 0.25) is 0 Å². The van der Waals surface area contributed by atoms with Crippen LogP contribution in [-0.2, 0) is 19.1 Å². The highest BCUT2D eigenvalue weighted by molar-refractivity contribution is 7.13. The van der Waals surface area contributed by atoms with Crippen molar-refractivity contribution < 1.29 is 23.6 Å². The predicted octanol–water partition coefficient (Wildman–Crippen LogP) is 2.00. The van der Waals surface area contributed by atoms with Crippen LogP contribution in [0.25, 0.3) is 10.6 Å². The van der Waals surface area contributed by atoms with Gasteiger partial charge in [-0.05, 0) is 24.3 Å². The molecule has 0 unspecified atom stereocenters. The van der Waals surface area contributed by atoms with Crippen molar-refractivity contribution in [1.82, 2.24) is 10.1 Å². The summed E-state index contributed by atoms with van der Waals surface area (Å²) in [6.07, 6.45) is 3.89. The van der Waals surface area contributed by atoms with E-state index in [9.17, 15) is 9.59 Å². The number of nitrogens with zero attached hydrogens (tertiary/aromatic N) is 3. The Labute approximate surface area is 158 Å². The molecule has 9 heteroatoms. The highest BCUT2D eigenvalue weighted by Crippen LogP contribution is 2.38. The molecular formula is C18H17N3O5S. The van der Waals surface area contributed by atoms with Crippen LogP contribution in [-0.4, -0.2) is 53.6 Å². The van der Waals surface area contributed by atoms with Gasteiger partial charge in [-0.3, -0.25) is 0 Å². The quantitative estimate of drug-likeness (QED) is 0.724. The molecule has 0 amide bonds. The van der Waals surface area contributed by atoms with Crippen LogP contribution in [0.1, 0.15) is 12.8 Å². The number of carbonyl (C=O) groups is 2. The van der Waals surface area contributed by atoms with Crippen molar-refractivity contribution in [2.45, 2.75) is 24.8 Å². The van der Waals surface area contributed by atoms with Crippen LogP contribution in [0.15, 0.2) is 40.3 Å². The average Bonchev–Trinajstić information content (AvgIpc) is 3.29. The highest BCUT2D eigenvalue weighted by Gasteiger charge is 2.53. The zero-order valence-corrected chi connectivity index (χ0v) is 15.2. The molecule has 6 rings (SSSR count). The Morgan fingerprint density at radius 1 is 1.15 bits per heavy atom. The summed E-state index contributed by atoms with van der Waals surface area (Å²) in [6, 6.07) is 6.01. The van der Waals surface area contributed by atoms with Gasteiger partial charge in [0.25, 0.3) is 0 Å². The Balaban J connectivity index is 1.51. The van der Waals surface area contributed by atoms with Crippen LogP contribution in [0.4, 0.5) is 5.88 Å². The van der Waals surface area contributed by atoms with Crippen LogP contribution in [0.3, 0.4) is 0 Å². The van der Waals surface area contributed by atoms with Crippen LogP contribution in [0.5, 0.6) is 0 Å². The summed E-state index contributed by atoms with van der Waals surface area (Å²) in [4.78, 5) is 29.1. The predicted molar refractivity (Wildman–Crippen MR) is 95.8 cm³/mol. The Hall–Kier alpha value is -2.65. The Bertz CT molecular complexity index is 878. The molecule has 2 bridgehead atoms. The van der Waals surface area contributed by atoms with E-state index in [0.29, 0.717) is 19.0 Å². The number of esters is 2. The van der Waals surface area contributed by atoms with E-state index in [1.807, 2.05) is 33.4 Å². The minimum absolute atomic E-state index is 0.176. The summed E-state index contributed by atoms with van der Waals surface area (Å²) in [5, 5.41) is 6.16. The molecule has 140 valence electrons. The second-order valence-corrected chi connectivity index (χ2v) is 7.71. The number of hydrogen-bond donors (Lipinski definition) is 0. The van der Waals surface area contributed by atoms with E-state index in [-0.39, 0.29) is 12.6 Å². The number of ether oxygens (including phenoxy) is 2. The molecule has 2 aromatic rings. The third-order valence-electron chi connectivity index (χ3n) is 5.19. The van der Waals surface area contributed by atoms with Crippen molar-refractivity contribution in [2.75, 3.05) is 24.5 Å². The minimum atomic E-state index is -1.46. The first-order valence-corrected chi connectivity index (χ1v) is 9.67. The largest absolute Gasteiger partial charge is 0.403 e. The van der Waals surface area contributed by atoms with E-state index in [1.165, 1.54) is 0 Å². The number of hydrogen-bond acceptors (Lipinski definition) is 9. The Kier molecular flexibility index (Phi) is 3.80. The molecule has 3 fully saturated rings. The molecule has 4 aliphatic rings. The summed E-state index contributed by atoms with van der Waals surface area (Å²) in [5.41, 5.74) is 0.754. The standard InChI is InChI=1S/C18H17N3O5S/c22-16-3-4-17(23)25-18(24-16)11-21(12-5-7-20(18)8-6-12)15-10-13(19-26-15)14-2-1-9-27-14/h1-4,9-10,12H,5-8,11H2. The smallest absolute Gasteiger partial charge is 0.339 e. The first-order valence-electron chi connectivity index (χ1n) is 8.79. The third kappa shape index (κ3) is 2.83. The average molecular weight is 387 g/mol. The first-order chi connectivity index (χ1) is 13.1. The Morgan fingerprint density at radius 2 is 1.89 bits per heavy atom.